The number of anilines is 1. The van der Waals surface area contributed by atoms with Crippen LogP contribution < -0.4 is 4.90 Å². The standard InChI is InChI=1S/C17H19F3N4/c18-17(19,20)15-4-1-5-16(11-15)24-9-7-23(8-10-24)13-14(12-22)3-2-6-21/h1,4-5,11,14H,2-3,7-10,13H2/t14-/m1/s1. The first-order valence-corrected chi connectivity index (χ1v) is 7.85. The monoisotopic (exact) mass is 336 g/mol. The van der Waals surface area contributed by atoms with Gasteiger partial charge in [-0.25, -0.2) is 0 Å². The zero-order valence-electron chi connectivity index (χ0n) is 13.3. The van der Waals surface area contributed by atoms with Gasteiger partial charge in [0.05, 0.1) is 23.6 Å². The zero-order valence-corrected chi connectivity index (χ0v) is 13.3. The lowest BCUT2D eigenvalue weighted by Crippen LogP contribution is -2.47. The van der Waals surface area contributed by atoms with E-state index in [0.717, 1.165) is 6.07 Å². The molecule has 7 heteroatoms. The molecule has 0 amide bonds. The molecule has 4 nitrogen and oxygen atoms in total. The number of nitrogens with zero attached hydrogens (tertiary/aromatic N) is 4. The molecule has 128 valence electrons. The molecule has 1 aliphatic heterocycles. The number of nitriles is 2. The third-order valence-corrected chi connectivity index (χ3v) is 4.18. The van der Waals surface area contributed by atoms with Crippen LogP contribution in [0, 0.1) is 28.6 Å². The molecule has 0 aliphatic carbocycles. The summed E-state index contributed by atoms with van der Waals surface area (Å²) in [5, 5.41) is 17.7. The van der Waals surface area contributed by atoms with Crippen molar-refractivity contribution in [3.8, 4) is 12.1 Å². The maximum absolute atomic E-state index is 12.8. The molecule has 0 radical (unpaired) electrons. The van der Waals surface area contributed by atoms with Crippen molar-refractivity contribution in [3.05, 3.63) is 29.8 Å². The fraction of sp³-hybridized carbons (Fsp3) is 0.529. The van der Waals surface area contributed by atoms with Crippen LogP contribution in [0.3, 0.4) is 0 Å². The van der Waals surface area contributed by atoms with E-state index in [0.29, 0.717) is 51.3 Å². The Morgan fingerprint density at radius 1 is 1.12 bits per heavy atom. The number of halogens is 3. The zero-order chi connectivity index (χ0) is 17.6. The fourth-order valence-electron chi connectivity index (χ4n) is 2.81. The van der Waals surface area contributed by atoms with Crippen LogP contribution in [0.25, 0.3) is 0 Å². The van der Waals surface area contributed by atoms with Gasteiger partial charge in [-0.1, -0.05) is 6.07 Å². The maximum atomic E-state index is 12.8. The van der Waals surface area contributed by atoms with E-state index in [1.165, 1.54) is 12.1 Å². The summed E-state index contributed by atoms with van der Waals surface area (Å²) in [4.78, 5) is 4.07. The van der Waals surface area contributed by atoms with Crippen LogP contribution in [0.2, 0.25) is 0 Å². The number of alkyl halides is 3. The molecule has 0 aromatic heterocycles. The number of benzene rings is 1. The van der Waals surface area contributed by atoms with Crippen molar-refractivity contribution in [3.63, 3.8) is 0 Å². The van der Waals surface area contributed by atoms with Crippen molar-refractivity contribution in [1.82, 2.24) is 4.90 Å². The normalized spacial score (nSPS) is 17.1. The molecule has 1 aromatic rings. The Bertz CT molecular complexity index is 622. The molecule has 0 bridgehead atoms. The van der Waals surface area contributed by atoms with Crippen LogP contribution in [-0.2, 0) is 6.18 Å². The summed E-state index contributed by atoms with van der Waals surface area (Å²) in [6, 6.07) is 9.64. The summed E-state index contributed by atoms with van der Waals surface area (Å²) in [6.07, 6.45) is -3.41. The first-order chi connectivity index (χ1) is 11.4. The van der Waals surface area contributed by atoms with Crippen molar-refractivity contribution in [2.24, 2.45) is 5.92 Å². The Hall–Kier alpha value is -2.25. The highest BCUT2D eigenvalue weighted by Crippen LogP contribution is 2.31. The maximum Gasteiger partial charge on any atom is 0.416 e. The molecule has 2 rings (SSSR count). The lowest BCUT2D eigenvalue weighted by molar-refractivity contribution is -0.137. The van der Waals surface area contributed by atoms with Gasteiger partial charge in [0.2, 0.25) is 0 Å². The summed E-state index contributed by atoms with van der Waals surface area (Å²) in [5.41, 5.74) is -0.0609. The number of piperazine rings is 1. The van der Waals surface area contributed by atoms with Crippen molar-refractivity contribution in [2.75, 3.05) is 37.6 Å². The number of rotatable bonds is 5. The average molecular weight is 336 g/mol. The Morgan fingerprint density at radius 2 is 1.83 bits per heavy atom. The minimum atomic E-state index is -4.33. The van der Waals surface area contributed by atoms with Gasteiger partial charge in [0.15, 0.2) is 0 Å². The minimum absolute atomic E-state index is 0.176. The molecule has 1 atom stereocenters. The fourth-order valence-corrected chi connectivity index (χ4v) is 2.81. The van der Waals surface area contributed by atoms with Gasteiger partial charge in [-0.2, -0.15) is 23.7 Å². The van der Waals surface area contributed by atoms with Gasteiger partial charge in [0.1, 0.15) is 0 Å². The highest BCUT2D eigenvalue weighted by Gasteiger charge is 2.31. The van der Waals surface area contributed by atoms with E-state index in [-0.39, 0.29) is 5.92 Å². The second-order valence-corrected chi connectivity index (χ2v) is 5.86. The molecule has 0 spiro atoms. The Labute approximate surface area is 139 Å². The summed E-state index contributed by atoms with van der Waals surface area (Å²) in [6.45, 7) is 3.24. The van der Waals surface area contributed by atoms with Crippen molar-refractivity contribution >= 4 is 5.69 Å². The molecule has 1 aromatic carbocycles. The van der Waals surface area contributed by atoms with E-state index < -0.39 is 11.7 Å². The Balaban J connectivity index is 1.91. The van der Waals surface area contributed by atoms with Crippen LogP contribution in [0.15, 0.2) is 24.3 Å². The highest BCUT2D eigenvalue weighted by atomic mass is 19.4. The van der Waals surface area contributed by atoms with Crippen molar-refractivity contribution in [2.45, 2.75) is 19.0 Å². The molecule has 0 unspecified atom stereocenters. The van der Waals surface area contributed by atoms with Gasteiger partial charge in [-0.05, 0) is 24.6 Å². The Kier molecular flexibility index (Phi) is 6.05. The van der Waals surface area contributed by atoms with Crippen LogP contribution >= 0.6 is 0 Å². The molecule has 1 saturated heterocycles. The number of hydrogen-bond donors (Lipinski definition) is 0. The first kappa shape index (κ1) is 18.1. The minimum Gasteiger partial charge on any atom is -0.369 e. The average Bonchev–Trinajstić information content (AvgIpc) is 2.58. The van der Waals surface area contributed by atoms with E-state index in [1.807, 2.05) is 11.0 Å². The second-order valence-electron chi connectivity index (χ2n) is 5.86. The highest BCUT2D eigenvalue weighted by molar-refractivity contribution is 5.49. The van der Waals surface area contributed by atoms with E-state index in [9.17, 15) is 13.2 Å². The molecule has 0 saturated carbocycles. The summed E-state index contributed by atoms with van der Waals surface area (Å²) in [5.74, 6) is -0.176. The third-order valence-electron chi connectivity index (χ3n) is 4.18. The van der Waals surface area contributed by atoms with Gasteiger partial charge in [-0.15, -0.1) is 0 Å². The summed E-state index contributed by atoms with van der Waals surface area (Å²) in [7, 11) is 0. The largest absolute Gasteiger partial charge is 0.416 e. The van der Waals surface area contributed by atoms with Gasteiger partial charge in [-0.3, -0.25) is 4.90 Å². The van der Waals surface area contributed by atoms with E-state index in [2.05, 4.69) is 11.0 Å². The van der Waals surface area contributed by atoms with Crippen LogP contribution in [-0.4, -0.2) is 37.6 Å². The number of hydrogen-bond acceptors (Lipinski definition) is 4. The van der Waals surface area contributed by atoms with Crippen LogP contribution in [0.4, 0.5) is 18.9 Å². The van der Waals surface area contributed by atoms with E-state index in [1.54, 1.807) is 6.07 Å². The van der Waals surface area contributed by atoms with Gasteiger partial charge < -0.3 is 4.90 Å². The van der Waals surface area contributed by atoms with Gasteiger partial charge in [0, 0.05) is 44.8 Å². The topological polar surface area (TPSA) is 54.1 Å². The van der Waals surface area contributed by atoms with Gasteiger partial charge in [0.25, 0.3) is 0 Å². The van der Waals surface area contributed by atoms with Crippen LogP contribution in [0.5, 0.6) is 0 Å². The molecule has 1 heterocycles. The van der Waals surface area contributed by atoms with Crippen molar-refractivity contribution in [1.29, 1.82) is 10.5 Å². The predicted octanol–water partition coefficient (Wildman–Crippen LogP) is 3.27. The van der Waals surface area contributed by atoms with Gasteiger partial charge >= 0.3 is 6.18 Å². The molecule has 1 fully saturated rings. The SMILES string of the molecule is N#CCC[C@H](C#N)CN1CCN(c2cccc(C(F)(F)F)c2)CC1. The Morgan fingerprint density at radius 3 is 2.42 bits per heavy atom. The lowest BCUT2D eigenvalue weighted by atomic mass is 10.0. The first-order valence-electron chi connectivity index (χ1n) is 7.85. The van der Waals surface area contributed by atoms with Crippen LogP contribution in [0.1, 0.15) is 18.4 Å². The van der Waals surface area contributed by atoms with E-state index >= 15 is 0 Å². The van der Waals surface area contributed by atoms with E-state index in [4.69, 9.17) is 10.5 Å². The summed E-state index contributed by atoms with van der Waals surface area (Å²) >= 11 is 0. The molecular formula is C17H19F3N4. The second kappa shape index (κ2) is 8.03. The smallest absolute Gasteiger partial charge is 0.369 e. The summed E-state index contributed by atoms with van der Waals surface area (Å²) < 4.78 is 38.4. The quantitative estimate of drug-likeness (QED) is 0.828. The molecular weight excluding hydrogens is 317 g/mol. The predicted molar refractivity (Wildman–Crippen MR) is 84.0 cm³/mol. The molecule has 1 aliphatic rings. The molecule has 0 N–H and O–H groups in total. The lowest BCUT2D eigenvalue weighted by Gasteiger charge is -2.37. The third kappa shape index (κ3) is 4.87. The molecule has 24 heavy (non-hydrogen) atoms. The van der Waals surface area contributed by atoms with Crippen molar-refractivity contribution < 1.29 is 13.2 Å².